The monoisotopic (exact) mass is 1890 g/mol. The molecule has 6 aliphatic heterocycles. The van der Waals surface area contributed by atoms with Crippen molar-refractivity contribution in [3.8, 4) is 29.0 Å². The minimum atomic E-state index is -0.484. The van der Waals surface area contributed by atoms with Crippen LogP contribution in [0, 0.1) is 23.7 Å². The number of morpholine rings is 4. The van der Waals surface area contributed by atoms with E-state index in [0.29, 0.717) is 48.7 Å². The molecule has 6 saturated heterocycles. The number of hydrogen-bond acceptors (Lipinski definition) is 32. The third-order valence-corrected chi connectivity index (χ3v) is 28.7. The lowest BCUT2D eigenvalue weighted by atomic mass is 9.84. The van der Waals surface area contributed by atoms with Gasteiger partial charge in [0.1, 0.15) is 68.6 Å². The van der Waals surface area contributed by atoms with Gasteiger partial charge in [-0.1, -0.05) is 0 Å². The Morgan fingerprint density at radius 3 is 1.01 bits per heavy atom. The van der Waals surface area contributed by atoms with Gasteiger partial charge in [-0.25, -0.2) is 64.6 Å². The highest BCUT2D eigenvalue weighted by Gasteiger charge is 2.35. The number of nitrogens with zero attached hydrogens (tertiary/aromatic N) is 21. The van der Waals surface area contributed by atoms with Gasteiger partial charge >= 0.3 is 12.1 Å². The Morgan fingerprint density at radius 2 is 0.683 bits per heavy atom. The summed E-state index contributed by atoms with van der Waals surface area (Å²) in [6, 6.07) is 17.4. The van der Waals surface area contributed by atoms with Gasteiger partial charge in [0.15, 0.2) is 0 Å². The molecule has 8 aromatic heterocycles. The molecule has 10 aliphatic rings. The van der Waals surface area contributed by atoms with E-state index in [9.17, 15) is 4.79 Å². The molecule has 1 N–H and O–H groups in total. The lowest BCUT2D eigenvalue weighted by Crippen LogP contribution is -2.36. The molecule has 14 heterocycles. The summed E-state index contributed by atoms with van der Waals surface area (Å²) in [4.78, 5) is 95.6. The molecular formula is C106H132N22O11. The fourth-order valence-electron chi connectivity index (χ4n) is 21.0. The maximum absolute atomic E-state index is 12.4. The van der Waals surface area contributed by atoms with E-state index in [0.717, 1.165) is 366 Å². The van der Waals surface area contributed by atoms with Gasteiger partial charge < -0.3 is 77.2 Å². The van der Waals surface area contributed by atoms with Crippen LogP contribution in [0.2, 0.25) is 0 Å². The Labute approximate surface area is 813 Å². The molecule has 4 saturated carbocycles. The quantitative estimate of drug-likeness (QED) is 0.0621. The van der Waals surface area contributed by atoms with Crippen LogP contribution in [0.1, 0.15) is 182 Å². The number of hydrogen-bond donors (Lipinski definition) is 1. The molecule has 33 heteroatoms. The van der Waals surface area contributed by atoms with E-state index in [2.05, 4.69) is 133 Å². The van der Waals surface area contributed by atoms with Crippen LogP contribution in [0.4, 0.5) is 27.5 Å². The normalized spacial score (nSPS) is 23.1. The third kappa shape index (κ3) is 25.9. The van der Waals surface area contributed by atoms with Crippen LogP contribution in [0.15, 0.2) is 154 Å². The number of fused-ring (bicyclic) bond motifs is 4. The summed E-state index contributed by atoms with van der Waals surface area (Å²) >= 11 is 0. The number of aromatic nitrogens is 16. The molecule has 0 radical (unpaired) electrons. The average Bonchev–Trinajstić information content (AvgIpc) is 1.18. The number of nitrogens with one attached hydrogen (secondary N) is 1. The third-order valence-electron chi connectivity index (χ3n) is 28.7. The zero-order chi connectivity index (χ0) is 94.5. The zero-order valence-electron chi connectivity index (χ0n) is 80.8. The summed E-state index contributed by atoms with van der Waals surface area (Å²) in [6.07, 6.45) is 54.9. The van der Waals surface area contributed by atoms with Crippen LogP contribution in [-0.4, -0.2) is 259 Å². The highest BCUT2D eigenvalue weighted by atomic mass is 16.6. The van der Waals surface area contributed by atoms with Crippen molar-refractivity contribution in [3.63, 3.8) is 0 Å². The molecule has 10 fully saturated rings. The van der Waals surface area contributed by atoms with Gasteiger partial charge in [-0.2, -0.15) is 0 Å². The van der Waals surface area contributed by atoms with Gasteiger partial charge in [0.25, 0.3) is 0 Å². The summed E-state index contributed by atoms with van der Waals surface area (Å²) in [5.74, 6) is 8.50. The van der Waals surface area contributed by atoms with Crippen molar-refractivity contribution >= 4 is 73.0 Å². The number of benzene rings is 4. The van der Waals surface area contributed by atoms with Crippen LogP contribution < -0.4 is 48.6 Å². The average molecular weight is 1890 g/mol. The first kappa shape index (κ1) is 95.7. The molecule has 0 bridgehead atoms. The van der Waals surface area contributed by atoms with Crippen molar-refractivity contribution in [3.05, 3.63) is 188 Å². The Morgan fingerprint density at radius 1 is 0.360 bits per heavy atom. The van der Waals surface area contributed by atoms with E-state index in [-0.39, 0.29) is 36.4 Å². The minimum absolute atomic E-state index is 0.157. The van der Waals surface area contributed by atoms with E-state index < -0.39 is 5.60 Å². The maximum Gasteiger partial charge on any atom is 0.410 e. The van der Waals surface area contributed by atoms with Gasteiger partial charge in [0, 0.05) is 243 Å². The SMILES string of the molecule is CC(C)(C)OC(=O)N1CCC(c2cnc(CC3CCC(Oc4cc(N5CCOCC5)cc5nccnc45)CC3)nc2)C1.COc1ncc(CC2CCC(Oc3cc(N4CCOCC4)cc4nccnc34)CC2)cn1.c1cnc2c(OC3CCC(Cc4ncc(C5CCNC5)cn4)CC3)cc(N3CCOCC3)cc2n1.c1ncc(CC2CCC(Oc3cc(N4CCOCC4)cc4nccnc34)CC2)cn1. The number of carbonyl (C=O) groups excluding carboxylic acids is 1. The molecule has 4 aliphatic carbocycles. The summed E-state index contributed by atoms with van der Waals surface area (Å²) < 4.78 is 58.9. The Kier molecular flexibility index (Phi) is 32.2. The number of likely N-dealkylation sites (tertiary alicyclic amines) is 1. The van der Waals surface area contributed by atoms with Crippen LogP contribution in [0.25, 0.3) is 44.1 Å². The fraction of sp³-hybridized carbons (Fsp3) is 0.538. The Hall–Kier alpha value is -12.2. The summed E-state index contributed by atoms with van der Waals surface area (Å²) in [6.45, 7) is 22.2. The molecule has 33 nitrogen and oxygen atoms in total. The number of carbonyl (C=O) groups is 1. The van der Waals surface area contributed by atoms with Crippen molar-refractivity contribution < 1.29 is 52.2 Å². The highest BCUT2D eigenvalue weighted by molar-refractivity contribution is 5.88. The topological polar surface area (TPSA) is 344 Å². The van der Waals surface area contributed by atoms with E-state index in [4.69, 9.17) is 67.3 Å². The first-order valence-electron chi connectivity index (χ1n) is 50.6. The number of anilines is 4. The number of ether oxygens (including phenoxy) is 10. The van der Waals surface area contributed by atoms with Crippen molar-refractivity contribution in [2.45, 2.75) is 204 Å². The largest absolute Gasteiger partial charge is 0.488 e. The lowest BCUT2D eigenvalue weighted by Gasteiger charge is -2.31. The summed E-state index contributed by atoms with van der Waals surface area (Å²) in [5, 5.41) is 3.42. The van der Waals surface area contributed by atoms with Crippen LogP contribution in [0.5, 0.6) is 29.0 Å². The Balaban J connectivity index is 0.000000119. The standard InChI is InChI=1S/C32H42N6O4.C27H34N6O2.C24H29N5O3.C23H27N5O2/c1-32(2,3)42-31(39)38-11-8-23(21-38)24-19-35-29(36-20-24)16-22-4-6-26(7-5-22)41-28-18-25(37-12-14-40-15-13-37)17-27-30(28)34-10-9-33-27;1-3-23(4-2-19(1)13-26-31-17-21(18-32-26)20-5-6-28-16-20)35-25-15-22(33-9-11-34-12-10-33)14-24-27(25)30-8-7-29-24;1-30-24-27-15-18(16-28-24)12-17-2-4-20(5-3-17)32-22-14-19(29-8-10-31-11-9-29)13-21-23(22)26-7-6-25-21;1-3-20(4-2-17(1)11-18-14-24-16-25-15-18)30-22-13-19(28-7-9-29-10-8-28)12-21-23(22)27-6-5-26-21/h9-10,17-20,22-23,26H,4-8,11-16,21H2,1-3H3;7-8,14-15,17-20,23,28H,1-6,9-13,16H2;6-7,13-17,20H,2-5,8-12H2,1H3;5-6,12-17,20H,1-4,7-11H2. The number of rotatable bonds is 23. The van der Waals surface area contributed by atoms with E-state index >= 15 is 0 Å². The summed E-state index contributed by atoms with van der Waals surface area (Å²) in [5.41, 5.74) is 15.6. The zero-order valence-corrected chi connectivity index (χ0v) is 80.8. The molecule has 22 rings (SSSR count). The van der Waals surface area contributed by atoms with Crippen LogP contribution >= 0.6 is 0 Å². The van der Waals surface area contributed by atoms with Crippen molar-refractivity contribution in [1.29, 1.82) is 0 Å². The molecule has 1 amide bonds. The Bertz CT molecular complexity index is 5920. The first-order valence-corrected chi connectivity index (χ1v) is 50.6. The molecule has 732 valence electrons. The van der Waals surface area contributed by atoms with Gasteiger partial charge in [-0.3, -0.25) is 19.9 Å². The fourth-order valence-corrected chi connectivity index (χ4v) is 21.0. The van der Waals surface area contributed by atoms with E-state index in [1.165, 1.54) is 17.5 Å². The molecule has 4 aromatic carbocycles. The molecule has 12 aromatic rings. The van der Waals surface area contributed by atoms with Gasteiger partial charge in [0.2, 0.25) is 0 Å². The van der Waals surface area contributed by atoms with E-state index in [1.807, 2.05) is 70.3 Å². The molecule has 0 spiro atoms. The van der Waals surface area contributed by atoms with Crippen molar-refractivity contribution in [2.75, 3.05) is 158 Å². The second kappa shape index (κ2) is 46.7. The first-order chi connectivity index (χ1) is 68.2. The molecule has 139 heavy (non-hydrogen) atoms. The number of amides is 1. The van der Waals surface area contributed by atoms with Crippen LogP contribution in [0.3, 0.4) is 0 Å². The van der Waals surface area contributed by atoms with Crippen molar-refractivity contribution in [1.82, 2.24) is 90.0 Å². The second-order valence-corrected chi connectivity index (χ2v) is 39.5. The molecule has 2 unspecified atom stereocenters. The van der Waals surface area contributed by atoms with Crippen LogP contribution in [-0.2, 0) is 49.4 Å². The minimum Gasteiger partial charge on any atom is -0.488 e. The van der Waals surface area contributed by atoms with Gasteiger partial charge in [0.05, 0.1) is 106 Å². The predicted octanol–water partition coefficient (Wildman–Crippen LogP) is 15.6. The van der Waals surface area contributed by atoms with E-state index in [1.54, 1.807) is 67.9 Å². The summed E-state index contributed by atoms with van der Waals surface area (Å²) in [7, 11) is 1.59. The molecule has 2 atom stereocenters. The second-order valence-electron chi connectivity index (χ2n) is 39.5. The number of methoxy groups -OCH3 is 1. The lowest BCUT2D eigenvalue weighted by molar-refractivity contribution is 0.0292. The predicted molar refractivity (Wildman–Crippen MR) is 531 cm³/mol. The highest BCUT2D eigenvalue weighted by Crippen LogP contribution is 2.42. The molecular weight excluding hydrogens is 1760 g/mol. The smallest absolute Gasteiger partial charge is 0.410 e. The van der Waals surface area contributed by atoms with Crippen molar-refractivity contribution in [2.24, 2.45) is 23.7 Å². The van der Waals surface area contributed by atoms with Gasteiger partial charge in [-0.15, -0.1) is 0 Å². The maximum atomic E-state index is 12.4. The van der Waals surface area contributed by atoms with Gasteiger partial charge in [-0.05, 0) is 226 Å².